The summed E-state index contributed by atoms with van der Waals surface area (Å²) in [5.74, 6) is 0.824. The molecule has 0 fully saturated rings. The van der Waals surface area contributed by atoms with Crippen molar-refractivity contribution in [3.05, 3.63) is 23.8 Å². The highest BCUT2D eigenvalue weighted by molar-refractivity contribution is 5.84. The van der Waals surface area contributed by atoms with E-state index in [0.717, 1.165) is 11.3 Å². The van der Waals surface area contributed by atoms with Crippen molar-refractivity contribution in [1.29, 1.82) is 0 Å². The van der Waals surface area contributed by atoms with E-state index in [0.29, 0.717) is 5.69 Å². The van der Waals surface area contributed by atoms with Gasteiger partial charge in [-0.3, -0.25) is 5.32 Å². The number of carbonyl (C=O) groups excluding carboxylic acids is 1. The van der Waals surface area contributed by atoms with Crippen molar-refractivity contribution in [3.8, 4) is 5.75 Å². The maximum atomic E-state index is 11.0. The van der Waals surface area contributed by atoms with Gasteiger partial charge in [-0.1, -0.05) is 0 Å². The van der Waals surface area contributed by atoms with E-state index < -0.39 is 6.09 Å². The molecule has 88 valence electrons. The number of hydrogen-bond acceptors (Lipinski definition) is 3. The summed E-state index contributed by atoms with van der Waals surface area (Å²) in [5, 5.41) is 2.60. The Kier molecular flexibility index (Phi) is 4.17. The van der Waals surface area contributed by atoms with Crippen molar-refractivity contribution >= 4 is 11.8 Å². The number of benzene rings is 1. The molecule has 0 spiro atoms. The minimum absolute atomic E-state index is 0.137. The maximum Gasteiger partial charge on any atom is 0.411 e. The lowest BCUT2D eigenvalue weighted by atomic mass is 10.2. The zero-order chi connectivity index (χ0) is 12.1. The van der Waals surface area contributed by atoms with Gasteiger partial charge in [0.1, 0.15) is 5.75 Å². The van der Waals surface area contributed by atoms with Crippen LogP contribution in [0.2, 0.25) is 0 Å². The van der Waals surface area contributed by atoms with Crippen LogP contribution in [0, 0.1) is 6.92 Å². The molecule has 0 saturated carbocycles. The van der Waals surface area contributed by atoms with E-state index in [1.54, 1.807) is 6.07 Å². The molecular formula is C12H17NO3. The first-order valence-electron chi connectivity index (χ1n) is 5.15. The Morgan fingerprint density at radius 3 is 2.56 bits per heavy atom. The summed E-state index contributed by atoms with van der Waals surface area (Å²) in [4.78, 5) is 11.0. The third kappa shape index (κ3) is 3.46. The molecule has 1 amide bonds. The number of ether oxygens (including phenoxy) is 2. The summed E-state index contributed by atoms with van der Waals surface area (Å²) in [6, 6.07) is 5.46. The molecule has 0 aromatic heterocycles. The molecule has 16 heavy (non-hydrogen) atoms. The Balaban J connectivity index is 2.78. The first-order valence-corrected chi connectivity index (χ1v) is 5.15. The van der Waals surface area contributed by atoms with E-state index in [1.807, 2.05) is 32.9 Å². The summed E-state index contributed by atoms with van der Waals surface area (Å²) in [6.45, 7) is 5.88. The number of aryl methyl sites for hydroxylation is 1. The van der Waals surface area contributed by atoms with E-state index >= 15 is 0 Å². The second-order valence-corrected chi connectivity index (χ2v) is 3.76. The molecule has 1 rings (SSSR count). The second-order valence-electron chi connectivity index (χ2n) is 3.76. The fraction of sp³-hybridized carbons (Fsp3) is 0.417. The summed E-state index contributed by atoms with van der Waals surface area (Å²) >= 11 is 0. The molecule has 4 heteroatoms. The zero-order valence-corrected chi connectivity index (χ0v) is 10.0. The van der Waals surface area contributed by atoms with Crippen LogP contribution in [0.1, 0.15) is 19.4 Å². The van der Waals surface area contributed by atoms with E-state index in [1.165, 1.54) is 7.11 Å². The van der Waals surface area contributed by atoms with Crippen LogP contribution in [0.25, 0.3) is 0 Å². The molecular weight excluding hydrogens is 206 g/mol. The Labute approximate surface area is 95.6 Å². The third-order valence-electron chi connectivity index (χ3n) is 1.97. The molecule has 0 aliphatic carbocycles. The first-order chi connectivity index (χ1) is 7.52. The second kappa shape index (κ2) is 5.39. The molecule has 0 aliphatic rings. The van der Waals surface area contributed by atoms with Crippen LogP contribution in [0.3, 0.4) is 0 Å². The van der Waals surface area contributed by atoms with Gasteiger partial charge in [-0.15, -0.1) is 0 Å². The standard InChI is InChI=1S/C12H17NO3/c1-8(2)16-11-6-5-10(7-9(11)3)13-12(14)15-4/h5-8H,1-4H3,(H,13,14). The fourth-order valence-electron chi connectivity index (χ4n) is 1.28. The Bertz CT molecular complexity index is 375. The van der Waals surface area contributed by atoms with Crippen LogP contribution >= 0.6 is 0 Å². The van der Waals surface area contributed by atoms with Gasteiger partial charge in [0, 0.05) is 5.69 Å². The van der Waals surface area contributed by atoms with Gasteiger partial charge in [0.05, 0.1) is 13.2 Å². The average molecular weight is 223 g/mol. The smallest absolute Gasteiger partial charge is 0.411 e. The predicted octanol–water partition coefficient (Wildman–Crippen LogP) is 2.96. The largest absolute Gasteiger partial charge is 0.491 e. The molecule has 0 heterocycles. The van der Waals surface area contributed by atoms with E-state index in [4.69, 9.17) is 4.74 Å². The summed E-state index contributed by atoms with van der Waals surface area (Å²) in [7, 11) is 1.33. The molecule has 0 unspecified atom stereocenters. The van der Waals surface area contributed by atoms with Crippen molar-refractivity contribution in [2.24, 2.45) is 0 Å². The zero-order valence-electron chi connectivity index (χ0n) is 10.0. The summed E-state index contributed by atoms with van der Waals surface area (Å²) in [6.07, 6.45) is -0.338. The van der Waals surface area contributed by atoms with Gasteiger partial charge in [-0.25, -0.2) is 4.79 Å². The molecule has 4 nitrogen and oxygen atoms in total. The van der Waals surface area contributed by atoms with Crippen molar-refractivity contribution in [3.63, 3.8) is 0 Å². The highest BCUT2D eigenvalue weighted by Gasteiger charge is 2.05. The molecule has 0 bridgehead atoms. The van der Waals surface area contributed by atoms with Crippen molar-refractivity contribution in [2.75, 3.05) is 12.4 Å². The summed E-state index contributed by atoms with van der Waals surface area (Å²) in [5.41, 5.74) is 1.67. The van der Waals surface area contributed by atoms with Crippen molar-refractivity contribution in [2.45, 2.75) is 26.9 Å². The van der Waals surface area contributed by atoms with Crippen molar-refractivity contribution < 1.29 is 14.3 Å². The lowest BCUT2D eigenvalue weighted by Crippen LogP contribution is -2.11. The monoisotopic (exact) mass is 223 g/mol. The van der Waals surface area contributed by atoms with Gasteiger partial charge >= 0.3 is 6.09 Å². The first kappa shape index (κ1) is 12.4. The van der Waals surface area contributed by atoms with Gasteiger partial charge in [0.15, 0.2) is 0 Å². The Morgan fingerprint density at radius 1 is 1.38 bits per heavy atom. The van der Waals surface area contributed by atoms with Gasteiger partial charge in [-0.2, -0.15) is 0 Å². The van der Waals surface area contributed by atoms with Crippen LogP contribution in [-0.4, -0.2) is 19.3 Å². The SMILES string of the molecule is COC(=O)Nc1ccc(OC(C)C)c(C)c1. The van der Waals surface area contributed by atoms with Crippen LogP contribution in [0.5, 0.6) is 5.75 Å². The van der Waals surface area contributed by atoms with Gasteiger partial charge in [0.25, 0.3) is 0 Å². The molecule has 0 aliphatic heterocycles. The van der Waals surface area contributed by atoms with Crippen LogP contribution in [-0.2, 0) is 4.74 Å². The predicted molar refractivity (Wildman–Crippen MR) is 63.0 cm³/mol. The lowest BCUT2D eigenvalue weighted by Gasteiger charge is -2.13. The number of rotatable bonds is 3. The van der Waals surface area contributed by atoms with Crippen molar-refractivity contribution in [1.82, 2.24) is 0 Å². The number of carbonyl (C=O) groups is 1. The normalized spacial score (nSPS) is 10.1. The quantitative estimate of drug-likeness (QED) is 0.857. The molecule has 1 N–H and O–H groups in total. The fourth-order valence-corrected chi connectivity index (χ4v) is 1.28. The minimum atomic E-state index is -0.475. The highest BCUT2D eigenvalue weighted by Crippen LogP contribution is 2.22. The maximum absolute atomic E-state index is 11.0. The number of hydrogen-bond donors (Lipinski definition) is 1. The van der Waals surface area contributed by atoms with E-state index in [-0.39, 0.29) is 6.10 Å². The van der Waals surface area contributed by atoms with Crippen LogP contribution in [0.4, 0.5) is 10.5 Å². The molecule has 0 atom stereocenters. The summed E-state index contributed by atoms with van der Waals surface area (Å²) < 4.78 is 10.1. The molecule has 1 aromatic rings. The van der Waals surface area contributed by atoms with Gasteiger partial charge < -0.3 is 9.47 Å². The third-order valence-corrected chi connectivity index (χ3v) is 1.97. The lowest BCUT2D eigenvalue weighted by molar-refractivity contribution is 0.187. The number of amides is 1. The number of nitrogens with one attached hydrogen (secondary N) is 1. The van der Waals surface area contributed by atoms with Crippen LogP contribution in [0.15, 0.2) is 18.2 Å². The molecule has 1 aromatic carbocycles. The van der Waals surface area contributed by atoms with Gasteiger partial charge in [-0.05, 0) is 44.5 Å². The van der Waals surface area contributed by atoms with E-state index in [2.05, 4.69) is 10.1 Å². The van der Waals surface area contributed by atoms with E-state index in [9.17, 15) is 4.79 Å². The topological polar surface area (TPSA) is 47.6 Å². The number of anilines is 1. The van der Waals surface area contributed by atoms with Crippen LogP contribution < -0.4 is 10.1 Å². The number of methoxy groups -OCH3 is 1. The van der Waals surface area contributed by atoms with Gasteiger partial charge in [0.2, 0.25) is 0 Å². The molecule has 0 radical (unpaired) electrons. The highest BCUT2D eigenvalue weighted by atomic mass is 16.5. The Morgan fingerprint density at radius 2 is 2.06 bits per heavy atom. The average Bonchev–Trinajstić information content (AvgIpc) is 2.21. The minimum Gasteiger partial charge on any atom is -0.491 e. The molecule has 0 saturated heterocycles. The Hall–Kier alpha value is -1.71.